The lowest BCUT2D eigenvalue weighted by Crippen LogP contribution is -2.41. The van der Waals surface area contributed by atoms with Crippen molar-refractivity contribution in [3.8, 4) is 0 Å². The third-order valence-electron chi connectivity index (χ3n) is 5.85. The summed E-state index contributed by atoms with van der Waals surface area (Å²) in [6.07, 6.45) is 1.31. The predicted octanol–water partition coefficient (Wildman–Crippen LogP) is 3.90. The molecule has 2 heterocycles. The van der Waals surface area contributed by atoms with Crippen molar-refractivity contribution in [2.24, 2.45) is 0 Å². The van der Waals surface area contributed by atoms with Crippen molar-refractivity contribution in [3.63, 3.8) is 0 Å². The van der Waals surface area contributed by atoms with Gasteiger partial charge in [-0.3, -0.25) is 4.79 Å². The molecule has 190 valence electrons. The SMILES string of the molecule is Cc1cccc(CS(=O)(=O)c2ncc(Cl)c(C(=O)N(Cc3ccccc3Cl)C3CCS(=O)(=O)C3)n2)c1. The molecule has 1 aromatic heterocycles. The standard InChI is InChI=1S/C24H23Cl2N3O5S2/c1-16-5-4-6-17(11-16)14-36(33,34)24-27-12-21(26)22(28-24)23(30)29(19-9-10-35(31,32)15-19)13-18-7-2-3-8-20(18)25/h2-8,11-12,19H,9-10,13-15H2,1H3. The first-order valence-electron chi connectivity index (χ1n) is 11.0. The minimum absolute atomic E-state index is 0.00437. The molecule has 1 fully saturated rings. The fourth-order valence-corrected chi connectivity index (χ4v) is 7.36. The van der Waals surface area contributed by atoms with Crippen LogP contribution in [-0.2, 0) is 32.0 Å². The fourth-order valence-electron chi connectivity index (χ4n) is 4.07. The van der Waals surface area contributed by atoms with Gasteiger partial charge in [0, 0.05) is 17.6 Å². The Labute approximate surface area is 220 Å². The van der Waals surface area contributed by atoms with Gasteiger partial charge < -0.3 is 4.90 Å². The number of carbonyl (C=O) groups excluding carboxylic acids is 1. The molecule has 36 heavy (non-hydrogen) atoms. The Morgan fingerprint density at radius 2 is 1.86 bits per heavy atom. The van der Waals surface area contributed by atoms with Gasteiger partial charge in [-0.2, -0.15) is 0 Å². The van der Waals surface area contributed by atoms with Crippen molar-refractivity contribution < 1.29 is 21.6 Å². The van der Waals surface area contributed by atoms with Crippen LogP contribution in [0.1, 0.15) is 33.6 Å². The molecule has 4 rings (SSSR count). The van der Waals surface area contributed by atoms with Crippen LogP contribution in [0.15, 0.2) is 59.9 Å². The van der Waals surface area contributed by atoms with E-state index in [1.54, 1.807) is 42.5 Å². The smallest absolute Gasteiger partial charge is 0.274 e. The minimum atomic E-state index is -4.00. The van der Waals surface area contributed by atoms with Gasteiger partial charge in [-0.15, -0.1) is 0 Å². The highest BCUT2D eigenvalue weighted by Gasteiger charge is 2.37. The van der Waals surface area contributed by atoms with Gasteiger partial charge in [-0.1, -0.05) is 71.2 Å². The van der Waals surface area contributed by atoms with Gasteiger partial charge in [0.25, 0.3) is 5.91 Å². The molecule has 1 saturated heterocycles. The van der Waals surface area contributed by atoms with E-state index in [0.29, 0.717) is 16.1 Å². The van der Waals surface area contributed by atoms with Crippen LogP contribution in [-0.4, -0.2) is 55.2 Å². The van der Waals surface area contributed by atoms with Crippen molar-refractivity contribution in [2.75, 3.05) is 11.5 Å². The number of nitrogens with zero attached hydrogens (tertiary/aromatic N) is 3. The molecule has 0 radical (unpaired) electrons. The van der Waals surface area contributed by atoms with Crippen LogP contribution < -0.4 is 0 Å². The highest BCUT2D eigenvalue weighted by atomic mass is 35.5. The molecular weight excluding hydrogens is 545 g/mol. The van der Waals surface area contributed by atoms with Crippen molar-refractivity contribution in [1.82, 2.24) is 14.9 Å². The van der Waals surface area contributed by atoms with Gasteiger partial charge in [0.05, 0.1) is 28.5 Å². The third kappa shape index (κ3) is 6.05. The molecule has 1 aliphatic rings. The Bertz CT molecular complexity index is 1530. The first kappa shape index (κ1) is 26.5. The lowest BCUT2D eigenvalue weighted by Gasteiger charge is -2.28. The number of hydrogen-bond acceptors (Lipinski definition) is 7. The van der Waals surface area contributed by atoms with E-state index < -0.39 is 36.8 Å². The zero-order chi connectivity index (χ0) is 26.1. The highest BCUT2D eigenvalue weighted by Crippen LogP contribution is 2.27. The molecular formula is C24H23Cl2N3O5S2. The van der Waals surface area contributed by atoms with Crippen LogP contribution in [0.4, 0.5) is 0 Å². The van der Waals surface area contributed by atoms with Gasteiger partial charge in [-0.25, -0.2) is 26.8 Å². The summed E-state index contributed by atoms with van der Waals surface area (Å²) < 4.78 is 50.5. The quantitative estimate of drug-likeness (QED) is 0.397. The summed E-state index contributed by atoms with van der Waals surface area (Å²) in [5.74, 6) is -1.33. The summed E-state index contributed by atoms with van der Waals surface area (Å²) in [5.41, 5.74) is 1.75. The molecule has 0 N–H and O–H groups in total. The molecule has 0 spiro atoms. The summed E-state index contributed by atoms with van der Waals surface area (Å²) in [7, 11) is -7.33. The average molecular weight is 569 g/mol. The van der Waals surface area contributed by atoms with E-state index >= 15 is 0 Å². The fraction of sp³-hybridized carbons (Fsp3) is 0.292. The molecule has 1 amide bonds. The Balaban J connectivity index is 1.70. The van der Waals surface area contributed by atoms with E-state index in [1.807, 2.05) is 13.0 Å². The molecule has 0 bridgehead atoms. The van der Waals surface area contributed by atoms with Gasteiger partial charge in [-0.05, 0) is 30.5 Å². The number of amides is 1. The Morgan fingerprint density at radius 1 is 1.11 bits per heavy atom. The molecule has 3 aromatic rings. The maximum absolute atomic E-state index is 13.7. The summed E-state index contributed by atoms with van der Waals surface area (Å²) in [4.78, 5) is 22.9. The van der Waals surface area contributed by atoms with E-state index in [-0.39, 0.29) is 40.9 Å². The summed E-state index contributed by atoms with van der Waals surface area (Å²) >= 11 is 12.6. The Hall–Kier alpha value is -2.53. The second kappa shape index (κ2) is 10.5. The van der Waals surface area contributed by atoms with Crippen LogP contribution in [0.5, 0.6) is 0 Å². The lowest BCUT2D eigenvalue weighted by molar-refractivity contribution is 0.0674. The van der Waals surface area contributed by atoms with Crippen LogP contribution in [0.2, 0.25) is 10.0 Å². The normalized spacial score (nSPS) is 17.1. The van der Waals surface area contributed by atoms with Crippen molar-refractivity contribution in [1.29, 1.82) is 0 Å². The zero-order valence-electron chi connectivity index (χ0n) is 19.3. The second-order valence-corrected chi connectivity index (χ2v) is 13.6. The number of halogens is 2. The lowest BCUT2D eigenvalue weighted by atomic mass is 10.1. The van der Waals surface area contributed by atoms with Gasteiger partial charge in [0.15, 0.2) is 15.5 Å². The average Bonchev–Trinajstić information content (AvgIpc) is 3.17. The molecule has 1 unspecified atom stereocenters. The molecule has 0 aliphatic carbocycles. The number of carbonyl (C=O) groups is 1. The number of aryl methyl sites for hydroxylation is 1. The molecule has 0 saturated carbocycles. The largest absolute Gasteiger partial charge is 0.329 e. The van der Waals surface area contributed by atoms with E-state index in [1.165, 1.54) is 4.90 Å². The first-order chi connectivity index (χ1) is 16.9. The number of hydrogen-bond donors (Lipinski definition) is 0. The Morgan fingerprint density at radius 3 is 2.53 bits per heavy atom. The summed E-state index contributed by atoms with van der Waals surface area (Å²) in [5, 5.41) is -0.264. The second-order valence-electron chi connectivity index (χ2n) is 8.68. The van der Waals surface area contributed by atoms with E-state index in [0.717, 1.165) is 11.8 Å². The van der Waals surface area contributed by atoms with E-state index in [9.17, 15) is 21.6 Å². The van der Waals surface area contributed by atoms with Crippen LogP contribution in [0.25, 0.3) is 0 Å². The maximum atomic E-state index is 13.7. The monoisotopic (exact) mass is 567 g/mol. The van der Waals surface area contributed by atoms with Gasteiger partial charge in [0.2, 0.25) is 15.0 Å². The topological polar surface area (TPSA) is 114 Å². The minimum Gasteiger partial charge on any atom is -0.329 e. The van der Waals surface area contributed by atoms with E-state index in [4.69, 9.17) is 23.2 Å². The number of aromatic nitrogens is 2. The van der Waals surface area contributed by atoms with Crippen LogP contribution in [0, 0.1) is 6.92 Å². The summed E-state index contributed by atoms with van der Waals surface area (Å²) in [6.45, 7) is 1.85. The number of benzene rings is 2. The third-order valence-corrected chi connectivity index (χ3v) is 9.71. The molecule has 1 aliphatic heterocycles. The maximum Gasteiger partial charge on any atom is 0.274 e. The van der Waals surface area contributed by atoms with Crippen molar-refractivity contribution >= 4 is 48.8 Å². The van der Waals surface area contributed by atoms with Gasteiger partial charge >= 0.3 is 0 Å². The van der Waals surface area contributed by atoms with Crippen molar-refractivity contribution in [2.45, 2.75) is 36.8 Å². The van der Waals surface area contributed by atoms with Crippen LogP contribution in [0.3, 0.4) is 0 Å². The predicted molar refractivity (Wildman–Crippen MR) is 137 cm³/mol. The zero-order valence-corrected chi connectivity index (χ0v) is 22.4. The van der Waals surface area contributed by atoms with Crippen molar-refractivity contribution in [3.05, 3.63) is 87.2 Å². The molecule has 8 nitrogen and oxygen atoms in total. The van der Waals surface area contributed by atoms with Gasteiger partial charge in [0.1, 0.15) is 0 Å². The molecule has 12 heteroatoms. The molecule has 1 atom stereocenters. The first-order valence-corrected chi connectivity index (χ1v) is 15.2. The highest BCUT2D eigenvalue weighted by molar-refractivity contribution is 7.91. The van der Waals surface area contributed by atoms with Crippen LogP contribution >= 0.6 is 23.2 Å². The van der Waals surface area contributed by atoms with E-state index in [2.05, 4.69) is 9.97 Å². The summed E-state index contributed by atoms with van der Waals surface area (Å²) in [6, 6.07) is 13.3. The Kier molecular flexibility index (Phi) is 7.70. The molecule has 2 aromatic carbocycles. The number of sulfone groups is 2. The number of rotatable bonds is 7.